The molecule has 0 amide bonds. The zero-order valence-corrected chi connectivity index (χ0v) is 8.51. The Balaban J connectivity index is 2.47. The van der Waals surface area contributed by atoms with Gasteiger partial charge in [-0.25, -0.2) is 0 Å². The number of aromatic nitrogens is 2. The van der Waals surface area contributed by atoms with E-state index in [0.29, 0.717) is 11.0 Å². The van der Waals surface area contributed by atoms with E-state index in [1.807, 2.05) is 0 Å². The molecule has 0 fully saturated rings. The summed E-state index contributed by atoms with van der Waals surface area (Å²) in [5.74, 6) is 0.563. The first-order chi connectivity index (χ1) is 6.66. The number of rotatable bonds is 1. The molecule has 0 radical (unpaired) electrons. The minimum Gasteiger partial charge on any atom is -0.506 e. The highest BCUT2D eigenvalue weighted by atomic mass is 35.5. The van der Waals surface area contributed by atoms with Gasteiger partial charge in [0.1, 0.15) is 5.75 Å². The van der Waals surface area contributed by atoms with Crippen LogP contribution in [0.4, 0.5) is 5.13 Å². The maximum absolute atomic E-state index is 9.20. The summed E-state index contributed by atoms with van der Waals surface area (Å²) in [6.45, 7) is 0. The molecule has 3 N–H and O–H groups in total. The lowest BCUT2D eigenvalue weighted by molar-refractivity contribution is 0.475. The highest BCUT2D eigenvalue weighted by molar-refractivity contribution is 7.09. The molecule has 0 saturated carbocycles. The average Bonchev–Trinajstić information content (AvgIpc) is 2.57. The summed E-state index contributed by atoms with van der Waals surface area (Å²) in [5.41, 5.74) is 6.18. The summed E-state index contributed by atoms with van der Waals surface area (Å²) in [7, 11) is 0. The van der Waals surface area contributed by atoms with E-state index in [1.165, 1.54) is 6.07 Å². The lowest BCUT2D eigenvalue weighted by atomic mass is 10.2. The molecule has 72 valence electrons. The van der Waals surface area contributed by atoms with E-state index in [-0.39, 0.29) is 10.8 Å². The van der Waals surface area contributed by atoms with Gasteiger partial charge in [0.25, 0.3) is 0 Å². The van der Waals surface area contributed by atoms with Crippen LogP contribution >= 0.6 is 23.1 Å². The molecule has 0 spiro atoms. The second kappa shape index (κ2) is 3.43. The van der Waals surface area contributed by atoms with Gasteiger partial charge < -0.3 is 10.8 Å². The number of hydrogen-bond donors (Lipinski definition) is 2. The molecule has 1 aromatic carbocycles. The van der Waals surface area contributed by atoms with E-state index in [0.717, 1.165) is 17.1 Å². The smallest absolute Gasteiger partial charge is 0.200 e. The van der Waals surface area contributed by atoms with Crippen LogP contribution in [0.3, 0.4) is 0 Å². The van der Waals surface area contributed by atoms with Gasteiger partial charge in [0, 0.05) is 17.1 Å². The van der Waals surface area contributed by atoms with Gasteiger partial charge in [-0.05, 0) is 18.2 Å². The third-order valence-electron chi connectivity index (χ3n) is 1.65. The van der Waals surface area contributed by atoms with Gasteiger partial charge in [-0.1, -0.05) is 11.6 Å². The molecule has 0 bridgehead atoms. The van der Waals surface area contributed by atoms with Crippen molar-refractivity contribution in [2.24, 2.45) is 0 Å². The third kappa shape index (κ3) is 1.64. The van der Waals surface area contributed by atoms with Crippen molar-refractivity contribution >= 4 is 28.3 Å². The maximum Gasteiger partial charge on any atom is 0.200 e. The predicted octanol–water partition coefficient (Wildman–Crippen LogP) is 2.15. The van der Waals surface area contributed by atoms with E-state index in [4.69, 9.17) is 17.3 Å². The Morgan fingerprint density at radius 1 is 1.43 bits per heavy atom. The number of nitrogens with two attached hydrogens (primary N) is 1. The highest BCUT2D eigenvalue weighted by Gasteiger charge is 2.06. The first kappa shape index (κ1) is 9.23. The number of nitrogens with zero attached hydrogens (tertiary/aromatic N) is 2. The summed E-state index contributed by atoms with van der Waals surface area (Å²) >= 11 is 6.86. The van der Waals surface area contributed by atoms with Crippen molar-refractivity contribution in [1.82, 2.24) is 9.36 Å². The molecule has 0 aliphatic rings. The largest absolute Gasteiger partial charge is 0.506 e. The number of hydrogen-bond acceptors (Lipinski definition) is 5. The van der Waals surface area contributed by atoms with E-state index in [1.54, 1.807) is 12.1 Å². The Kier molecular flexibility index (Phi) is 2.26. The zero-order valence-electron chi connectivity index (χ0n) is 6.94. The Morgan fingerprint density at radius 2 is 2.21 bits per heavy atom. The van der Waals surface area contributed by atoms with Crippen LogP contribution in [0.1, 0.15) is 0 Å². The van der Waals surface area contributed by atoms with Gasteiger partial charge in [0.2, 0.25) is 0 Å². The molecule has 4 nitrogen and oxygen atoms in total. The average molecular weight is 228 g/mol. The normalized spacial score (nSPS) is 10.4. The van der Waals surface area contributed by atoms with Crippen LogP contribution in [-0.2, 0) is 0 Å². The van der Waals surface area contributed by atoms with Crippen LogP contribution in [0.15, 0.2) is 18.2 Å². The number of aromatic hydroxyl groups is 1. The van der Waals surface area contributed by atoms with Crippen molar-refractivity contribution < 1.29 is 5.11 Å². The number of phenolic OH excluding ortho intramolecular Hbond substituents is 1. The van der Waals surface area contributed by atoms with E-state index >= 15 is 0 Å². The Hall–Kier alpha value is -1.33. The number of nitrogen functional groups attached to an aromatic ring is 1. The van der Waals surface area contributed by atoms with Crippen LogP contribution in [0.25, 0.3) is 11.4 Å². The van der Waals surface area contributed by atoms with Crippen LogP contribution in [0.2, 0.25) is 5.02 Å². The third-order valence-corrected chi connectivity index (χ3v) is 2.49. The minimum absolute atomic E-state index is 0.0404. The number of phenols is 1. The fourth-order valence-electron chi connectivity index (χ4n) is 0.998. The van der Waals surface area contributed by atoms with Crippen LogP contribution in [-0.4, -0.2) is 14.5 Å². The zero-order chi connectivity index (χ0) is 10.1. The molecule has 1 aromatic heterocycles. The first-order valence-electron chi connectivity index (χ1n) is 3.75. The summed E-state index contributed by atoms with van der Waals surface area (Å²) in [6, 6.07) is 4.77. The van der Waals surface area contributed by atoms with Crippen molar-refractivity contribution in [3.05, 3.63) is 23.2 Å². The van der Waals surface area contributed by atoms with Gasteiger partial charge in [0.05, 0.1) is 5.02 Å². The van der Waals surface area contributed by atoms with E-state index in [2.05, 4.69) is 9.36 Å². The number of halogens is 1. The SMILES string of the molecule is Nc1nc(-c2ccc(O)c(Cl)c2)ns1. The minimum atomic E-state index is 0.0404. The van der Waals surface area contributed by atoms with E-state index < -0.39 is 0 Å². The highest BCUT2D eigenvalue weighted by Crippen LogP contribution is 2.28. The summed E-state index contributed by atoms with van der Waals surface area (Å²) in [5, 5.41) is 9.88. The maximum atomic E-state index is 9.20. The van der Waals surface area contributed by atoms with Crippen molar-refractivity contribution in [2.75, 3.05) is 5.73 Å². The van der Waals surface area contributed by atoms with Gasteiger partial charge in [0.15, 0.2) is 11.0 Å². The molecular weight excluding hydrogens is 222 g/mol. The Morgan fingerprint density at radius 3 is 2.79 bits per heavy atom. The molecule has 0 atom stereocenters. The summed E-state index contributed by atoms with van der Waals surface area (Å²) < 4.78 is 4.02. The lowest BCUT2D eigenvalue weighted by Gasteiger charge is -1.98. The molecule has 14 heavy (non-hydrogen) atoms. The van der Waals surface area contributed by atoms with Crippen LogP contribution in [0, 0.1) is 0 Å². The fraction of sp³-hybridized carbons (Fsp3) is 0. The van der Waals surface area contributed by atoms with Crippen LogP contribution < -0.4 is 5.73 Å². The molecule has 0 saturated heterocycles. The summed E-state index contributed by atoms with van der Waals surface area (Å²) in [6.07, 6.45) is 0. The Bertz CT molecular complexity index is 471. The van der Waals surface area contributed by atoms with Crippen molar-refractivity contribution in [3.63, 3.8) is 0 Å². The molecule has 2 rings (SSSR count). The van der Waals surface area contributed by atoms with Gasteiger partial charge >= 0.3 is 0 Å². The molecule has 0 aliphatic carbocycles. The van der Waals surface area contributed by atoms with Crippen molar-refractivity contribution in [3.8, 4) is 17.1 Å². The lowest BCUT2D eigenvalue weighted by Crippen LogP contribution is -1.83. The van der Waals surface area contributed by atoms with Crippen molar-refractivity contribution in [2.45, 2.75) is 0 Å². The molecule has 0 aliphatic heterocycles. The Labute approximate surface area is 89.1 Å². The molecule has 1 heterocycles. The molecule has 6 heteroatoms. The summed E-state index contributed by atoms with van der Waals surface area (Å²) in [4.78, 5) is 4.00. The predicted molar refractivity (Wildman–Crippen MR) is 56.4 cm³/mol. The molecule has 2 aromatic rings. The monoisotopic (exact) mass is 227 g/mol. The van der Waals surface area contributed by atoms with E-state index in [9.17, 15) is 5.11 Å². The second-order valence-corrected chi connectivity index (χ2v) is 3.81. The topological polar surface area (TPSA) is 72.0 Å². The van der Waals surface area contributed by atoms with Gasteiger partial charge in [-0.15, -0.1) is 0 Å². The quantitative estimate of drug-likeness (QED) is 0.783. The van der Waals surface area contributed by atoms with Gasteiger partial charge in [-0.2, -0.15) is 9.36 Å². The standard InChI is InChI=1S/C8H6ClN3OS/c9-5-3-4(1-2-6(5)13)7-11-8(10)14-12-7/h1-3,13H,(H2,10,11,12). The molecular formula is C8H6ClN3OS. The van der Waals surface area contributed by atoms with Gasteiger partial charge in [-0.3, -0.25) is 0 Å². The van der Waals surface area contributed by atoms with Crippen LogP contribution in [0.5, 0.6) is 5.75 Å². The first-order valence-corrected chi connectivity index (χ1v) is 4.90. The second-order valence-electron chi connectivity index (χ2n) is 2.62. The fourth-order valence-corrected chi connectivity index (χ4v) is 1.63. The van der Waals surface area contributed by atoms with Crippen molar-refractivity contribution in [1.29, 1.82) is 0 Å². The molecule has 0 unspecified atom stereocenters. The number of benzene rings is 1. The number of anilines is 1.